The molecule has 1 saturated heterocycles. The van der Waals surface area contributed by atoms with Gasteiger partial charge >= 0.3 is 5.97 Å². The molecule has 2 aliphatic carbocycles. The van der Waals surface area contributed by atoms with Crippen LogP contribution in [0.4, 0.5) is 5.69 Å². The van der Waals surface area contributed by atoms with Crippen molar-refractivity contribution in [1.29, 1.82) is 0 Å². The van der Waals surface area contributed by atoms with Crippen LogP contribution >= 0.6 is 0 Å². The molecule has 144 valence electrons. The highest BCUT2D eigenvalue weighted by Gasteiger charge is 2.55. The summed E-state index contributed by atoms with van der Waals surface area (Å²) in [6.07, 6.45) is 9.11. The molecule has 1 aromatic carbocycles. The summed E-state index contributed by atoms with van der Waals surface area (Å²) in [5.41, 5.74) is 2.67. The monoisotopic (exact) mass is 367 g/mol. The van der Waals surface area contributed by atoms with Gasteiger partial charge in [-0.15, -0.1) is 0 Å². The molecule has 0 radical (unpaired) electrons. The molecule has 1 amide bonds. The Morgan fingerprint density at radius 2 is 1.93 bits per heavy atom. The minimum absolute atomic E-state index is 0.0731. The second-order valence-corrected chi connectivity index (χ2v) is 8.71. The standard InChI is InChI=1S/C23H29NO3/c1-16-11-19-15-27-22(26)23(19,13-16)14-18-7-9-20(10-8-18)24-21(25)12-17-5-3-2-4-6-17/h7-10,17,19H,1-6,11-15H2,(H,24,25)/t19-,23+/m1/s1. The summed E-state index contributed by atoms with van der Waals surface area (Å²) in [6, 6.07) is 7.94. The summed E-state index contributed by atoms with van der Waals surface area (Å²) in [5, 5.41) is 3.03. The number of hydrogen-bond acceptors (Lipinski definition) is 3. The molecule has 1 aliphatic heterocycles. The second-order valence-electron chi connectivity index (χ2n) is 8.71. The van der Waals surface area contributed by atoms with E-state index in [0.717, 1.165) is 29.7 Å². The van der Waals surface area contributed by atoms with Crippen LogP contribution in [-0.2, 0) is 20.7 Å². The zero-order valence-corrected chi connectivity index (χ0v) is 16.0. The zero-order valence-electron chi connectivity index (χ0n) is 16.0. The van der Waals surface area contributed by atoms with Gasteiger partial charge < -0.3 is 10.1 Å². The normalized spacial score (nSPS) is 28.1. The number of nitrogens with one attached hydrogen (secondary N) is 1. The molecule has 4 rings (SSSR count). The van der Waals surface area contributed by atoms with Crippen LogP contribution < -0.4 is 5.32 Å². The smallest absolute Gasteiger partial charge is 0.313 e. The first-order valence-electron chi connectivity index (χ1n) is 10.3. The van der Waals surface area contributed by atoms with Crippen LogP contribution in [0.3, 0.4) is 0 Å². The van der Waals surface area contributed by atoms with Gasteiger partial charge in [0.25, 0.3) is 0 Å². The molecule has 0 spiro atoms. The van der Waals surface area contributed by atoms with Gasteiger partial charge in [-0.25, -0.2) is 0 Å². The number of carbonyl (C=O) groups excluding carboxylic acids is 2. The fourth-order valence-corrected chi connectivity index (χ4v) is 5.20. The van der Waals surface area contributed by atoms with E-state index in [-0.39, 0.29) is 17.8 Å². The minimum atomic E-state index is -0.428. The Labute approximate surface area is 161 Å². The maximum Gasteiger partial charge on any atom is 0.313 e. The maximum atomic E-state index is 12.4. The van der Waals surface area contributed by atoms with Crippen molar-refractivity contribution >= 4 is 17.6 Å². The van der Waals surface area contributed by atoms with Crippen molar-refractivity contribution in [3.05, 3.63) is 42.0 Å². The number of cyclic esters (lactones) is 1. The summed E-state index contributed by atoms with van der Waals surface area (Å²) >= 11 is 0. The fraction of sp³-hybridized carbons (Fsp3) is 0.565. The van der Waals surface area contributed by atoms with Gasteiger partial charge in [-0.1, -0.05) is 43.5 Å². The lowest BCUT2D eigenvalue weighted by molar-refractivity contribution is -0.146. The molecule has 1 N–H and O–H groups in total. The second kappa shape index (κ2) is 7.49. The number of fused-ring (bicyclic) bond motifs is 1. The van der Waals surface area contributed by atoms with Gasteiger partial charge in [-0.3, -0.25) is 9.59 Å². The Kier molecular flexibility index (Phi) is 5.07. The van der Waals surface area contributed by atoms with Crippen molar-refractivity contribution in [2.45, 2.75) is 57.8 Å². The summed E-state index contributed by atoms with van der Waals surface area (Å²) in [6.45, 7) is 4.62. The van der Waals surface area contributed by atoms with Gasteiger partial charge in [-0.05, 0) is 55.7 Å². The van der Waals surface area contributed by atoms with Crippen molar-refractivity contribution in [1.82, 2.24) is 0 Å². The summed E-state index contributed by atoms with van der Waals surface area (Å²) in [7, 11) is 0. The first kappa shape index (κ1) is 18.3. The van der Waals surface area contributed by atoms with Gasteiger partial charge in [-0.2, -0.15) is 0 Å². The molecule has 0 unspecified atom stereocenters. The number of ether oxygens (including phenoxy) is 1. The largest absolute Gasteiger partial charge is 0.465 e. The number of rotatable bonds is 5. The first-order valence-corrected chi connectivity index (χ1v) is 10.3. The van der Waals surface area contributed by atoms with Crippen molar-refractivity contribution in [2.24, 2.45) is 17.3 Å². The molecule has 3 fully saturated rings. The van der Waals surface area contributed by atoms with Crippen molar-refractivity contribution in [3.8, 4) is 0 Å². The summed E-state index contributed by atoms with van der Waals surface area (Å²) < 4.78 is 5.36. The minimum Gasteiger partial charge on any atom is -0.465 e. The number of carbonyl (C=O) groups is 2. The summed E-state index contributed by atoms with van der Waals surface area (Å²) in [5.74, 6) is 0.834. The van der Waals surface area contributed by atoms with E-state index < -0.39 is 5.41 Å². The fourth-order valence-electron chi connectivity index (χ4n) is 5.20. The molecule has 1 heterocycles. The van der Waals surface area contributed by atoms with Gasteiger partial charge in [0.1, 0.15) is 0 Å². The molecule has 0 bridgehead atoms. The quantitative estimate of drug-likeness (QED) is 0.609. The van der Waals surface area contributed by atoms with E-state index in [1.165, 1.54) is 32.1 Å². The molecule has 1 aromatic rings. The Hall–Kier alpha value is -2.10. The highest BCUT2D eigenvalue weighted by atomic mass is 16.5. The zero-order chi connectivity index (χ0) is 18.9. The predicted octanol–water partition coefficient (Wildman–Crippen LogP) is 4.65. The molecule has 3 aliphatic rings. The number of esters is 1. The van der Waals surface area contributed by atoms with E-state index in [1.54, 1.807) is 0 Å². The van der Waals surface area contributed by atoms with Crippen LogP contribution in [0, 0.1) is 17.3 Å². The molecule has 4 nitrogen and oxygen atoms in total. The SMILES string of the molecule is C=C1C[C@@H]2COC(=O)[C@]2(Cc2ccc(NC(=O)CC3CCCCC3)cc2)C1. The molecule has 2 atom stereocenters. The number of hydrogen-bond donors (Lipinski definition) is 1. The molecular weight excluding hydrogens is 338 g/mol. The number of benzene rings is 1. The van der Waals surface area contributed by atoms with Gasteiger partial charge in [0.15, 0.2) is 0 Å². The molecular formula is C23H29NO3. The topological polar surface area (TPSA) is 55.4 Å². The Bertz CT molecular complexity index is 732. The highest BCUT2D eigenvalue weighted by molar-refractivity contribution is 5.90. The number of amides is 1. The maximum absolute atomic E-state index is 12.4. The van der Waals surface area contributed by atoms with E-state index in [9.17, 15) is 9.59 Å². The average molecular weight is 367 g/mol. The van der Waals surface area contributed by atoms with Crippen LogP contribution in [0.2, 0.25) is 0 Å². The molecule has 0 aromatic heterocycles. The lowest BCUT2D eigenvalue weighted by atomic mass is 9.75. The Morgan fingerprint density at radius 3 is 2.67 bits per heavy atom. The Balaban J connectivity index is 1.37. The van der Waals surface area contributed by atoms with Crippen LogP contribution in [0.1, 0.15) is 56.9 Å². The van der Waals surface area contributed by atoms with Crippen molar-refractivity contribution < 1.29 is 14.3 Å². The lowest BCUT2D eigenvalue weighted by Crippen LogP contribution is -2.31. The van der Waals surface area contributed by atoms with Crippen LogP contribution in [-0.4, -0.2) is 18.5 Å². The highest BCUT2D eigenvalue weighted by Crippen LogP contribution is 2.52. The molecule has 27 heavy (non-hydrogen) atoms. The van der Waals surface area contributed by atoms with E-state index >= 15 is 0 Å². The third kappa shape index (κ3) is 3.80. The first-order chi connectivity index (χ1) is 13.0. The van der Waals surface area contributed by atoms with Crippen LogP contribution in [0.5, 0.6) is 0 Å². The number of allylic oxidation sites excluding steroid dienone is 1. The average Bonchev–Trinajstić information content (AvgIpc) is 3.12. The van der Waals surface area contributed by atoms with Crippen LogP contribution in [0.25, 0.3) is 0 Å². The third-order valence-electron chi connectivity index (χ3n) is 6.66. The van der Waals surface area contributed by atoms with Gasteiger partial charge in [0.05, 0.1) is 12.0 Å². The Morgan fingerprint density at radius 1 is 1.19 bits per heavy atom. The van der Waals surface area contributed by atoms with E-state index in [1.807, 2.05) is 24.3 Å². The predicted molar refractivity (Wildman–Crippen MR) is 105 cm³/mol. The number of anilines is 1. The van der Waals surface area contributed by atoms with E-state index in [2.05, 4.69) is 11.9 Å². The lowest BCUT2D eigenvalue weighted by Gasteiger charge is -2.24. The van der Waals surface area contributed by atoms with Crippen molar-refractivity contribution in [2.75, 3.05) is 11.9 Å². The van der Waals surface area contributed by atoms with E-state index in [0.29, 0.717) is 25.4 Å². The van der Waals surface area contributed by atoms with Gasteiger partial charge in [0, 0.05) is 18.0 Å². The van der Waals surface area contributed by atoms with E-state index in [4.69, 9.17) is 4.74 Å². The summed E-state index contributed by atoms with van der Waals surface area (Å²) in [4.78, 5) is 24.7. The molecule has 4 heteroatoms. The molecule has 2 saturated carbocycles. The third-order valence-corrected chi connectivity index (χ3v) is 6.66. The van der Waals surface area contributed by atoms with Gasteiger partial charge in [0.2, 0.25) is 5.91 Å². The van der Waals surface area contributed by atoms with Crippen LogP contribution in [0.15, 0.2) is 36.4 Å². The van der Waals surface area contributed by atoms with Crippen molar-refractivity contribution in [3.63, 3.8) is 0 Å².